The maximum atomic E-state index is 14.2. The fourth-order valence-corrected chi connectivity index (χ4v) is 3.84. The number of nitrogens with one attached hydrogen (secondary N) is 2. The molecule has 1 fully saturated rings. The second kappa shape index (κ2) is 9.47. The number of nitrogens with zero attached hydrogens (tertiary/aromatic N) is 4. The number of rotatable bonds is 7. The molecule has 7 heteroatoms. The van der Waals surface area contributed by atoms with Crippen LogP contribution >= 0.6 is 0 Å². The Hall–Kier alpha value is -2.72. The van der Waals surface area contributed by atoms with Crippen molar-refractivity contribution in [3.63, 3.8) is 0 Å². The van der Waals surface area contributed by atoms with Crippen LogP contribution < -0.4 is 10.6 Å². The molecule has 28 heavy (non-hydrogen) atoms. The third-order valence-electron chi connectivity index (χ3n) is 5.36. The Labute approximate surface area is 165 Å². The van der Waals surface area contributed by atoms with Crippen molar-refractivity contribution in [2.75, 3.05) is 23.7 Å². The van der Waals surface area contributed by atoms with Gasteiger partial charge in [0.15, 0.2) is 11.6 Å². The summed E-state index contributed by atoms with van der Waals surface area (Å²) in [7, 11) is 0. The van der Waals surface area contributed by atoms with Crippen LogP contribution in [0.5, 0.6) is 0 Å². The number of hydrogen-bond acceptors (Lipinski definition) is 6. The molecule has 0 atom stereocenters. The largest absolute Gasteiger partial charge is 0.365 e. The van der Waals surface area contributed by atoms with E-state index in [2.05, 4.69) is 45.4 Å². The summed E-state index contributed by atoms with van der Waals surface area (Å²) in [6.07, 6.45) is 5.39. The molecule has 0 spiro atoms. The van der Waals surface area contributed by atoms with E-state index in [-0.39, 0.29) is 11.9 Å². The Bertz CT molecular complexity index is 822. The lowest BCUT2D eigenvalue weighted by molar-refractivity contribution is 0.167. The quantitative estimate of drug-likeness (QED) is 0.744. The van der Waals surface area contributed by atoms with E-state index >= 15 is 0 Å². The normalized spacial score (nSPS) is 19.2. The molecule has 2 N–H and O–H groups in total. The molecule has 0 aliphatic heterocycles. The van der Waals surface area contributed by atoms with Crippen molar-refractivity contribution in [3.8, 4) is 6.07 Å². The zero-order valence-corrected chi connectivity index (χ0v) is 16.5. The average molecular weight is 382 g/mol. The smallest absolute Gasteiger partial charge is 0.229 e. The SMILES string of the molecule is CCN(CC)C1CCC(Nc2nc(Nc3cccc(C#N)c3)ncc2F)CC1. The Morgan fingerprint density at radius 3 is 2.64 bits per heavy atom. The van der Waals surface area contributed by atoms with E-state index in [1.165, 1.54) is 6.20 Å². The molecule has 148 valence electrons. The highest BCUT2D eigenvalue weighted by atomic mass is 19.1. The van der Waals surface area contributed by atoms with Crippen molar-refractivity contribution in [2.24, 2.45) is 0 Å². The molecule has 3 rings (SSSR count). The van der Waals surface area contributed by atoms with Crippen LogP contribution in [0.4, 0.5) is 21.8 Å². The van der Waals surface area contributed by atoms with Crippen LogP contribution in [0.25, 0.3) is 0 Å². The highest BCUT2D eigenvalue weighted by molar-refractivity contribution is 5.57. The third kappa shape index (κ3) is 4.96. The first-order chi connectivity index (χ1) is 13.6. The maximum absolute atomic E-state index is 14.2. The van der Waals surface area contributed by atoms with E-state index in [1.807, 2.05) is 6.07 Å². The summed E-state index contributed by atoms with van der Waals surface area (Å²) in [6.45, 7) is 6.54. The first kappa shape index (κ1) is 20.0. The van der Waals surface area contributed by atoms with Gasteiger partial charge in [0.25, 0.3) is 0 Å². The minimum absolute atomic E-state index is 0.214. The van der Waals surface area contributed by atoms with Gasteiger partial charge in [-0.2, -0.15) is 10.2 Å². The van der Waals surface area contributed by atoms with Crippen molar-refractivity contribution in [1.29, 1.82) is 5.26 Å². The van der Waals surface area contributed by atoms with E-state index in [1.54, 1.807) is 18.2 Å². The molecule has 2 aromatic rings. The molecule has 1 saturated carbocycles. The molecule has 0 bridgehead atoms. The number of anilines is 3. The van der Waals surface area contributed by atoms with Crippen LogP contribution in [0.3, 0.4) is 0 Å². The summed E-state index contributed by atoms with van der Waals surface area (Å²) in [4.78, 5) is 10.8. The fraction of sp³-hybridized carbons (Fsp3) is 0.476. The van der Waals surface area contributed by atoms with Gasteiger partial charge in [0, 0.05) is 17.8 Å². The van der Waals surface area contributed by atoms with Crippen LogP contribution in [-0.4, -0.2) is 40.0 Å². The van der Waals surface area contributed by atoms with Gasteiger partial charge in [-0.25, -0.2) is 9.37 Å². The highest BCUT2D eigenvalue weighted by Gasteiger charge is 2.25. The van der Waals surface area contributed by atoms with Gasteiger partial charge >= 0.3 is 0 Å². The first-order valence-corrected chi connectivity index (χ1v) is 9.93. The molecule has 1 aliphatic rings. The summed E-state index contributed by atoms with van der Waals surface area (Å²) < 4.78 is 14.2. The average Bonchev–Trinajstić information content (AvgIpc) is 2.73. The van der Waals surface area contributed by atoms with Crippen LogP contribution in [0.1, 0.15) is 45.1 Å². The predicted octanol–water partition coefficient (Wildman–Crippen LogP) is 4.30. The summed E-state index contributed by atoms with van der Waals surface area (Å²) >= 11 is 0. The van der Waals surface area contributed by atoms with Gasteiger partial charge in [0.1, 0.15) is 0 Å². The van der Waals surface area contributed by atoms with Crippen LogP contribution in [0.15, 0.2) is 30.5 Å². The molecule has 0 saturated heterocycles. The summed E-state index contributed by atoms with van der Waals surface area (Å²) in [5.74, 6) is 0.0678. The molecular weight excluding hydrogens is 355 g/mol. The van der Waals surface area contributed by atoms with E-state index in [0.717, 1.165) is 38.8 Å². The van der Waals surface area contributed by atoms with Gasteiger partial charge in [0.05, 0.1) is 17.8 Å². The summed E-state index contributed by atoms with van der Waals surface area (Å²) in [6, 6.07) is 9.94. The van der Waals surface area contributed by atoms with Gasteiger partial charge in [0.2, 0.25) is 5.95 Å². The first-order valence-electron chi connectivity index (χ1n) is 9.93. The molecule has 1 aromatic carbocycles. The van der Waals surface area contributed by atoms with Gasteiger partial charge in [-0.15, -0.1) is 0 Å². The Morgan fingerprint density at radius 2 is 1.96 bits per heavy atom. The lowest BCUT2D eigenvalue weighted by Crippen LogP contribution is -2.40. The lowest BCUT2D eigenvalue weighted by Gasteiger charge is -2.36. The molecule has 0 unspecified atom stereocenters. The van der Waals surface area contributed by atoms with E-state index < -0.39 is 5.82 Å². The van der Waals surface area contributed by atoms with Crippen LogP contribution in [0.2, 0.25) is 0 Å². The van der Waals surface area contributed by atoms with Gasteiger partial charge in [-0.05, 0) is 57.0 Å². The highest BCUT2D eigenvalue weighted by Crippen LogP contribution is 2.26. The Morgan fingerprint density at radius 1 is 1.21 bits per heavy atom. The maximum Gasteiger partial charge on any atom is 0.229 e. The second-order valence-electron chi connectivity index (χ2n) is 7.08. The van der Waals surface area contributed by atoms with E-state index in [4.69, 9.17) is 5.26 Å². The molecule has 1 aromatic heterocycles. The number of halogens is 1. The number of nitriles is 1. The number of benzene rings is 1. The molecule has 0 amide bonds. The topological polar surface area (TPSA) is 76.9 Å². The van der Waals surface area contributed by atoms with Crippen molar-refractivity contribution in [2.45, 2.75) is 51.6 Å². The molecule has 1 heterocycles. The number of aromatic nitrogens is 2. The van der Waals surface area contributed by atoms with Crippen molar-refractivity contribution in [1.82, 2.24) is 14.9 Å². The fourth-order valence-electron chi connectivity index (χ4n) is 3.84. The van der Waals surface area contributed by atoms with Gasteiger partial charge < -0.3 is 15.5 Å². The zero-order chi connectivity index (χ0) is 19.9. The molecule has 0 radical (unpaired) electrons. The van der Waals surface area contributed by atoms with Gasteiger partial charge in [-0.3, -0.25) is 0 Å². The third-order valence-corrected chi connectivity index (χ3v) is 5.36. The minimum atomic E-state index is -0.456. The van der Waals surface area contributed by atoms with Crippen molar-refractivity contribution in [3.05, 3.63) is 41.8 Å². The molecule has 1 aliphatic carbocycles. The number of hydrogen-bond donors (Lipinski definition) is 2. The van der Waals surface area contributed by atoms with Crippen molar-refractivity contribution >= 4 is 17.5 Å². The Kier molecular flexibility index (Phi) is 6.77. The monoisotopic (exact) mass is 382 g/mol. The molecule has 6 nitrogen and oxygen atoms in total. The standard InChI is InChI=1S/C21H27FN6/c1-3-28(4-2)18-10-8-16(9-11-18)25-20-19(22)14-24-21(27-20)26-17-7-5-6-15(12-17)13-23/h5-7,12,14,16,18H,3-4,8-11H2,1-2H3,(H2,24,25,26,27). The van der Waals surface area contributed by atoms with Crippen molar-refractivity contribution < 1.29 is 4.39 Å². The summed E-state index contributed by atoms with van der Waals surface area (Å²) in [5.41, 5.74) is 1.23. The summed E-state index contributed by atoms with van der Waals surface area (Å²) in [5, 5.41) is 15.3. The van der Waals surface area contributed by atoms with Crippen LogP contribution in [-0.2, 0) is 0 Å². The van der Waals surface area contributed by atoms with E-state index in [9.17, 15) is 4.39 Å². The molecular formula is C21H27FN6. The minimum Gasteiger partial charge on any atom is -0.365 e. The van der Waals surface area contributed by atoms with E-state index in [0.29, 0.717) is 23.2 Å². The van der Waals surface area contributed by atoms with Gasteiger partial charge in [-0.1, -0.05) is 19.9 Å². The predicted molar refractivity (Wildman–Crippen MR) is 109 cm³/mol. The zero-order valence-electron chi connectivity index (χ0n) is 16.5. The second-order valence-corrected chi connectivity index (χ2v) is 7.08. The van der Waals surface area contributed by atoms with Crippen LogP contribution in [0, 0.1) is 17.1 Å². The lowest BCUT2D eigenvalue weighted by atomic mass is 9.90. The Balaban J connectivity index is 1.63.